The van der Waals surface area contributed by atoms with Crippen molar-refractivity contribution in [2.24, 2.45) is 0 Å². The molecule has 2 nitrogen and oxygen atoms in total. The molecule has 0 spiro atoms. The molecule has 0 bridgehead atoms. The Hall–Kier alpha value is -1.15. The summed E-state index contributed by atoms with van der Waals surface area (Å²) in [5.74, 6) is 0.266. The zero-order chi connectivity index (χ0) is 12.0. The van der Waals surface area contributed by atoms with Crippen molar-refractivity contribution in [3.63, 3.8) is 0 Å². The number of carbonyl (C=O) groups excluding carboxylic acids is 1. The molecular formula is C14H21NO. The molecule has 0 amide bonds. The monoisotopic (exact) mass is 219 g/mol. The van der Waals surface area contributed by atoms with Crippen molar-refractivity contribution in [1.82, 2.24) is 5.32 Å². The Balaban J connectivity index is 2.52. The van der Waals surface area contributed by atoms with Crippen molar-refractivity contribution >= 4 is 5.78 Å². The second kappa shape index (κ2) is 6.44. The van der Waals surface area contributed by atoms with Crippen LogP contribution in [-0.4, -0.2) is 18.9 Å². The van der Waals surface area contributed by atoms with Gasteiger partial charge in [0.2, 0.25) is 0 Å². The van der Waals surface area contributed by atoms with Gasteiger partial charge in [0.05, 0.1) is 6.54 Å². The third-order valence-electron chi connectivity index (χ3n) is 2.64. The van der Waals surface area contributed by atoms with Gasteiger partial charge in [0.25, 0.3) is 0 Å². The zero-order valence-electron chi connectivity index (χ0n) is 10.5. The SMILES string of the molecule is CCCNCC(=O)Cc1cc(C)ccc1C. The fourth-order valence-electron chi connectivity index (χ4n) is 1.67. The molecule has 0 fully saturated rings. The van der Waals surface area contributed by atoms with Crippen LogP contribution >= 0.6 is 0 Å². The van der Waals surface area contributed by atoms with Crippen molar-refractivity contribution in [1.29, 1.82) is 0 Å². The van der Waals surface area contributed by atoms with Gasteiger partial charge in [0.1, 0.15) is 0 Å². The average Bonchev–Trinajstić information content (AvgIpc) is 2.24. The van der Waals surface area contributed by atoms with Gasteiger partial charge in [0, 0.05) is 6.42 Å². The summed E-state index contributed by atoms with van der Waals surface area (Å²) in [5.41, 5.74) is 3.58. The molecular weight excluding hydrogens is 198 g/mol. The van der Waals surface area contributed by atoms with Crippen molar-refractivity contribution in [3.8, 4) is 0 Å². The molecule has 0 heterocycles. The van der Waals surface area contributed by atoms with Crippen LogP contribution in [-0.2, 0) is 11.2 Å². The van der Waals surface area contributed by atoms with Crippen LogP contribution < -0.4 is 5.32 Å². The van der Waals surface area contributed by atoms with Crippen LogP contribution in [0.25, 0.3) is 0 Å². The lowest BCUT2D eigenvalue weighted by Gasteiger charge is -2.07. The number of ketones is 1. The third-order valence-corrected chi connectivity index (χ3v) is 2.64. The summed E-state index contributed by atoms with van der Waals surface area (Å²) < 4.78 is 0. The molecule has 1 aromatic rings. The minimum atomic E-state index is 0.266. The fraction of sp³-hybridized carbons (Fsp3) is 0.500. The molecule has 0 aliphatic heterocycles. The first kappa shape index (κ1) is 12.9. The van der Waals surface area contributed by atoms with Crippen molar-refractivity contribution in [2.75, 3.05) is 13.1 Å². The van der Waals surface area contributed by atoms with Gasteiger partial charge in [-0.25, -0.2) is 0 Å². The van der Waals surface area contributed by atoms with Crippen molar-refractivity contribution < 1.29 is 4.79 Å². The van der Waals surface area contributed by atoms with E-state index in [1.165, 1.54) is 11.1 Å². The Morgan fingerprint density at radius 1 is 1.31 bits per heavy atom. The van der Waals surface area contributed by atoms with Crippen LogP contribution in [0, 0.1) is 13.8 Å². The molecule has 1 aromatic carbocycles. The fourth-order valence-corrected chi connectivity index (χ4v) is 1.67. The minimum absolute atomic E-state index is 0.266. The molecule has 16 heavy (non-hydrogen) atoms. The van der Waals surface area contributed by atoms with E-state index in [9.17, 15) is 4.79 Å². The van der Waals surface area contributed by atoms with Gasteiger partial charge >= 0.3 is 0 Å². The van der Waals surface area contributed by atoms with Gasteiger partial charge in [-0.05, 0) is 37.9 Å². The van der Waals surface area contributed by atoms with Gasteiger partial charge in [-0.15, -0.1) is 0 Å². The summed E-state index contributed by atoms with van der Waals surface area (Å²) in [6.45, 7) is 7.62. The number of nitrogens with one attached hydrogen (secondary N) is 1. The van der Waals surface area contributed by atoms with Crippen LogP contribution in [0.5, 0.6) is 0 Å². The van der Waals surface area contributed by atoms with E-state index in [2.05, 4.69) is 44.3 Å². The zero-order valence-corrected chi connectivity index (χ0v) is 10.5. The summed E-state index contributed by atoms with van der Waals surface area (Å²) in [7, 11) is 0. The van der Waals surface area contributed by atoms with Crippen molar-refractivity contribution in [3.05, 3.63) is 34.9 Å². The van der Waals surface area contributed by atoms with E-state index in [0.29, 0.717) is 13.0 Å². The Kier molecular flexibility index (Phi) is 5.20. The van der Waals surface area contributed by atoms with Gasteiger partial charge in [-0.2, -0.15) is 0 Å². The van der Waals surface area contributed by atoms with E-state index >= 15 is 0 Å². The molecule has 0 aliphatic carbocycles. The second-order valence-corrected chi connectivity index (χ2v) is 4.32. The first-order chi connectivity index (χ1) is 7.63. The maximum absolute atomic E-state index is 11.7. The molecule has 0 atom stereocenters. The van der Waals surface area contributed by atoms with Crippen LogP contribution in [0.4, 0.5) is 0 Å². The molecule has 0 unspecified atom stereocenters. The Bertz CT molecular complexity index is 358. The smallest absolute Gasteiger partial charge is 0.150 e. The van der Waals surface area contributed by atoms with Gasteiger partial charge in [-0.1, -0.05) is 30.7 Å². The molecule has 88 valence electrons. The van der Waals surface area contributed by atoms with Crippen LogP contribution in [0.2, 0.25) is 0 Å². The van der Waals surface area contributed by atoms with Crippen LogP contribution in [0.15, 0.2) is 18.2 Å². The van der Waals surface area contributed by atoms with E-state index in [4.69, 9.17) is 0 Å². The molecule has 0 saturated heterocycles. The minimum Gasteiger partial charge on any atom is -0.310 e. The Labute approximate surface area is 98.1 Å². The second-order valence-electron chi connectivity index (χ2n) is 4.32. The van der Waals surface area contributed by atoms with Crippen LogP contribution in [0.3, 0.4) is 0 Å². The molecule has 1 rings (SSSR count). The van der Waals surface area contributed by atoms with Gasteiger partial charge < -0.3 is 5.32 Å². The largest absolute Gasteiger partial charge is 0.310 e. The summed E-state index contributed by atoms with van der Waals surface area (Å²) in [6.07, 6.45) is 1.61. The molecule has 0 aliphatic rings. The van der Waals surface area contributed by atoms with Gasteiger partial charge in [0.15, 0.2) is 5.78 Å². The van der Waals surface area contributed by atoms with Crippen molar-refractivity contribution in [2.45, 2.75) is 33.6 Å². The molecule has 0 radical (unpaired) electrons. The van der Waals surface area contributed by atoms with E-state index in [1.807, 2.05) is 0 Å². The number of hydrogen-bond donors (Lipinski definition) is 1. The maximum Gasteiger partial charge on any atom is 0.150 e. The molecule has 0 aromatic heterocycles. The van der Waals surface area contributed by atoms with E-state index < -0.39 is 0 Å². The standard InChI is InChI=1S/C14H21NO/c1-4-7-15-10-14(16)9-13-8-11(2)5-6-12(13)3/h5-6,8,15H,4,7,9-10H2,1-3H3. The summed E-state index contributed by atoms with van der Waals surface area (Å²) in [6, 6.07) is 6.27. The summed E-state index contributed by atoms with van der Waals surface area (Å²) >= 11 is 0. The Morgan fingerprint density at radius 3 is 2.75 bits per heavy atom. The maximum atomic E-state index is 11.7. The van der Waals surface area contributed by atoms with E-state index in [-0.39, 0.29) is 5.78 Å². The lowest BCUT2D eigenvalue weighted by Crippen LogP contribution is -2.25. The van der Waals surface area contributed by atoms with Crippen LogP contribution in [0.1, 0.15) is 30.0 Å². The molecule has 0 saturated carbocycles. The highest BCUT2D eigenvalue weighted by molar-refractivity contribution is 5.83. The lowest BCUT2D eigenvalue weighted by molar-refractivity contribution is -0.117. The predicted molar refractivity (Wildman–Crippen MR) is 67.8 cm³/mol. The number of aryl methyl sites for hydroxylation is 2. The predicted octanol–water partition coefficient (Wildman–Crippen LogP) is 2.41. The highest BCUT2D eigenvalue weighted by atomic mass is 16.1. The average molecular weight is 219 g/mol. The topological polar surface area (TPSA) is 29.1 Å². The summed E-state index contributed by atoms with van der Waals surface area (Å²) in [4.78, 5) is 11.7. The number of carbonyl (C=O) groups is 1. The van der Waals surface area contributed by atoms with Gasteiger partial charge in [-0.3, -0.25) is 4.79 Å². The Morgan fingerprint density at radius 2 is 2.06 bits per heavy atom. The quantitative estimate of drug-likeness (QED) is 0.744. The molecule has 2 heteroatoms. The number of Topliss-reactive ketones (excluding diaryl/α,β-unsaturated/α-hetero) is 1. The first-order valence-electron chi connectivity index (χ1n) is 5.92. The highest BCUT2D eigenvalue weighted by Crippen LogP contribution is 2.11. The normalized spacial score (nSPS) is 10.4. The number of rotatable bonds is 6. The number of benzene rings is 1. The first-order valence-corrected chi connectivity index (χ1v) is 5.92. The van der Waals surface area contributed by atoms with E-state index in [1.54, 1.807) is 0 Å². The number of hydrogen-bond acceptors (Lipinski definition) is 2. The lowest BCUT2D eigenvalue weighted by atomic mass is 10.0. The molecule has 1 N–H and O–H groups in total. The third kappa shape index (κ3) is 4.15. The highest BCUT2D eigenvalue weighted by Gasteiger charge is 2.05. The van der Waals surface area contributed by atoms with E-state index in [0.717, 1.165) is 18.5 Å². The summed E-state index contributed by atoms with van der Waals surface area (Å²) in [5, 5.41) is 3.14.